The molecule has 2 heterocycles. The molecule has 3 fully saturated rings. The van der Waals surface area contributed by atoms with Gasteiger partial charge in [0.2, 0.25) is 5.91 Å². The molecule has 4 rings (SSSR count). The minimum atomic E-state index is -0.560. The fourth-order valence-corrected chi connectivity index (χ4v) is 5.35. The third-order valence-corrected chi connectivity index (χ3v) is 7.60. The first-order valence-corrected chi connectivity index (χ1v) is 11.8. The second kappa shape index (κ2) is 8.78. The molecule has 1 aromatic rings. The van der Waals surface area contributed by atoms with Crippen LogP contribution in [0.25, 0.3) is 0 Å². The molecule has 2 saturated heterocycles. The maximum atomic E-state index is 13.7. The number of nitrogens with zero attached hydrogens (tertiary/aromatic N) is 4. The van der Waals surface area contributed by atoms with Gasteiger partial charge in [-0.3, -0.25) is 19.6 Å². The fourth-order valence-electron chi connectivity index (χ4n) is 5.05. The minimum absolute atomic E-state index is 0.0323. The number of halogens is 2. The lowest BCUT2D eigenvalue weighted by Gasteiger charge is -2.40. The lowest BCUT2D eigenvalue weighted by molar-refractivity contribution is -0.126. The highest BCUT2D eigenvalue weighted by Gasteiger charge is 2.55. The number of rotatable bonds is 3. The molecule has 1 unspecified atom stereocenters. The van der Waals surface area contributed by atoms with Gasteiger partial charge in [-0.15, -0.1) is 0 Å². The number of amidine groups is 1. The Bertz CT molecular complexity index is 826. The van der Waals surface area contributed by atoms with Crippen molar-refractivity contribution >= 4 is 40.6 Å². The van der Waals surface area contributed by atoms with Crippen molar-refractivity contribution in [1.82, 2.24) is 9.80 Å². The van der Waals surface area contributed by atoms with E-state index in [2.05, 4.69) is 30.7 Å². The van der Waals surface area contributed by atoms with Crippen LogP contribution in [-0.2, 0) is 4.79 Å². The minimum Gasteiger partial charge on any atom is -0.304 e. The van der Waals surface area contributed by atoms with Crippen LogP contribution in [0.1, 0.15) is 46.0 Å². The molecule has 164 valence electrons. The van der Waals surface area contributed by atoms with Crippen LogP contribution < -0.4 is 4.90 Å². The van der Waals surface area contributed by atoms with Crippen LogP contribution in [0.4, 0.5) is 5.69 Å². The van der Waals surface area contributed by atoms with Crippen molar-refractivity contribution in [2.24, 2.45) is 10.4 Å². The fraction of sp³-hybridized carbons (Fsp3) is 0.652. The zero-order chi connectivity index (χ0) is 21.5. The molecule has 0 spiro atoms. The average Bonchev–Trinajstić information content (AvgIpc) is 2.91. The molecule has 5 nitrogen and oxygen atoms in total. The van der Waals surface area contributed by atoms with Crippen molar-refractivity contribution in [1.29, 1.82) is 0 Å². The summed E-state index contributed by atoms with van der Waals surface area (Å²) in [7, 11) is 2.15. The topological polar surface area (TPSA) is 39.1 Å². The molecular weight excluding hydrogens is 419 g/mol. The van der Waals surface area contributed by atoms with Crippen LogP contribution in [0, 0.1) is 5.41 Å². The van der Waals surface area contributed by atoms with Gasteiger partial charge >= 0.3 is 0 Å². The van der Waals surface area contributed by atoms with Gasteiger partial charge in [-0.05, 0) is 51.9 Å². The first-order valence-electron chi connectivity index (χ1n) is 11.1. The number of likely N-dealkylation sites (N-methyl/N-ethyl adjacent to an activating group) is 1. The van der Waals surface area contributed by atoms with E-state index in [1.807, 2.05) is 11.0 Å². The Balaban J connectivity index is 1.77. The zero-order valence-corrected chi connectivity index (χ0v) is 19.7. The largest absolute Gasteiger partial charge is 0.304 e. The smallest absolute Gasteiger partial charge is 0.240 e. The molecule has 1 aromatic carbocycles. The van der Waals surface area contributed by atoms with Gasteiger partial charge in [0, 0.05) is 26.2 Å². The van der Waals surface area contributed by atoms with Crippen molar-refractivity contribution in [3.05, 3.63) is 28.2 Å². The molecule has 1 saturated carbocycles. The highest BCUT2D eigenvalue weighted by Crippen LogP contribution is 2.41. The van der Waals surface area contributed by atoms with E-state index in [1.165, 1.54) is 19.3 Å². The van der Waals surface area contributed by atoms with Gasteiger partial charge in [0.05, 0.1) is 33.2 Å². The van der Waals surface area contributed by atoms with Crippen LogP contribution in [0.15, 0.2) is 23.2 Å². The van der Waals surface area contributed by atoms with Crippen LogP contribution in [0.2, 0.25) is 10.0 Å². The molecule has 1 amide bonds. The summed E-state index contributed by atoms with van der Waals surface area (Å²) in [4.78, 5) is 25.6. The number of aliphatic imine (C=N–C) groups is 1. The normalized spacial score (nSPS) is 27.9. The highest BCUT2D eigenvalue weighted by atomic mass is 35.5. The molecule has 30 heavy (non-hydrogen) atoms. The van der Waals surface area contributed by atoms with E-state index >= 15 is 0 Å². The van der Waals surface area contributed by atoms with Gasteiger partial charge < -0.3 is 4.90 Å². The van der Waals surface area contributed by atoms with Crippen LogP contribution in [-0.4, -0.2) is 66.9 Å². The van der Waals surface area contributed by atoms with E-state index in [1.54, 1.807) is 12.1 Å². The van der Waals surface area contributed by atoms with Gasteiger partial charge in [0.1, 0.15) is 5.84 Å². The predicted octanol–water partition coefficient (Wildman–Crippen LogP) is 4.71. The van der Waals surface area contributed by atoms with E-state index in [9.17, 15) is 4.79 Å². The van der Waals surface area contributed by atoms with Gasteiger partial charge in [-0.1, -0.05) is 42.5 Å². The van der Waals surface area contributed by atoms with Crippen molar-refractivity contribution in [3.8, 4) is 0 Å². The second-order valence-electron chi connectivity index (χ2n) is 9.48. The maximum Gasteiger partial charge on any atom is 0.240 e. The Labute approximate surface area is 190 Å². The number of anilines is 1. The van der Waals surface area contributed by atoms with E-state index in [0.717, 1.165) is 50.5 Å². The highest BCUT2D eigenvalue weighted by molar-refractivity contribution is 6.42. The van der Waals surface area contributed by atoms with Crippen LogP contribution >= 0.6 is 23.2 Å². The molecule has 0 aromatic heterocycles. The monoisotopic (exact) mass is 450 g/mol. The van der Waals surface area contributed by atoms with E-state index in [4.69, 9.17) is 28.2 Å². The summed E-state index contributed by atoms with van der Waals surface area (Å²) >= 11 is 12.5. The number of piperazine rings is 1. The Morgan fingerprint density at radius 1 is 1.00 bits per heavy atom. The average molecular weight is 451 g/mol. The maximum absolute atomic E-state index is 13.7. The Hall–Kier alpha value is -1.14. The quantitative estimate of drug-likeness (QED) is 0.668. The van der Waals surface area contributed by atoms with Gasteiger partial charge in [0.15, 0.2) is 0 Å². The lowest BCUT2D eigenvalue weighted by atomic mass is 9.85. The number of carbonyl (C=O) groups excluding carboxylic acids is 1. The third-order valence-electron chi connectivity index (χ3n) is 6.87. The van der Waals surface area contributed by atoms with Gasteiger partial charge in [-0.2, -0.15) is 0 Å². The molecular formula is C23H32Cl2N4O. The molecule has 0 N–H and O–H groups in total. The Kier molecular flexibility index (Phi) is 6.45. The summed E-state index contributed by atoms with van der Waals surface area (Å²) in [5.74, 6) is 0.971. The number of benzene rings is 1. The van der Waals surface area contributed by atoms with Crippen molar-refractivity contribution in [2.75, 3.05) is 38.1 Å². The Morgan fingerprint density at radius 3 is 2.30 bits per heavy atom. The third kappa shape index (κ3) is 4.14. The van der Waals surface area contributed by atoms with Crippen molar-refractivity contribution in [2.45, 2.75) is 58.0 Å². The van der Waals surface area contributed by atoms with Gasteiger partial charge in [-0.25, -0.2) is 0 Å². The van der Waals surface area contributed by atoms with Crippen molar-refractivity contribution < 1.29 is 4.79 Å². The van der Waals surface area contributed by atoms with Crippen LogP contribution in [0.3, 0.4) is 0 Å². The summed E-state index contributed by atoms with van der Waals surface area (Å²) in [6.45, 7) is 8.01. The first kappa shape index (κ1) is 22.1. The summed E-state index contributed by atoms with van der Waals surface area (Å²) in [6, 6.07) is 5.69. The second-order valence-corrected chi connectivity index (χ2v) is 10.3. The molecule has 0 bridgehead atoms. The Morgan fingerprint density at radius 2 is 1.67 bits per heavy atom. The standard InChI is InChI=1S/C23H32Cl2N4O/c1-23(2)20(28-13-11-27(3)12-14-28)21(26-16-7-5-4-6-8-16)29(22(23)30)17-9-10-18(24)19(25)15-17/h9-10,15-16,20H,4-8,11-14H2,1-3H3. The molecule has 2 aliphatic heterocycles. The first-order chi connectivity index (χ1) is 14.3. The lowest BCUT2D eigenvalue weighted by Crippen LogP contribution is -2.55. The summed E-state index contributed by atoms with van der Waals surface area (Å²) in [5.41, 5.74) is 0.198. The predicted molar refractivity (Wildman–Crippen MR) is 125 cm³/mol. The summed E-state index contributed by atoms with van der Waals surface area (Å²) < 4.78 is 0. The molecule has 3 aliphatic rings. The number of hydrogen-bond donors (Lipinski definition) is 0. The number of carbonyl (C=O) groups is 1. The van der Waals surface area contributed by atoms with Crippen LogP contribution in [0.5, 0.6) is 0 Å². The molecule has 7 heteroatoms. The summed E-state index contributed by atoms with van der Waals surface area (Å²) in [5, 5.41) is 0.951. The van der Waals surface area contributed by atoms with E-state index in [-0.39, 0.29) is 18.0 Å². The number of hydrogen-bond acceptors (Lipinski definition) is 4. The zero-order valence-electron chi connectivity index (χ0n) is 18.2. The number of amides is 1. The SMILES string of the molecule is CN1CCN(C2C(=NC3CCCCC3)N(c3ccc(Cl)c(Cl)c3)C(=O)C2(C)C)CC1. The van der Waals surface area contributed by atoms with Crippen molar-refractivity contribution in [3.63, 3.8) is 0 Å². The van der Waals surface area contributed by atoms with E-state index in [0.29, 0.717) is 10.0 Å². The molecule has 1 atom stereocenters. The summed E-state index contributed by atoms with van der Waals surface area (Å²) in [6.07, 6.45) is 5.91. The molecule has 0 radical (unpaired) electrons. The molecule has 1 aliphatic carbocycles. The van der Waals surface area contributed by atoms with E-state index < -0.39 is 5.41 Å². The van der Waals surface area contributed by atoms with Gasteiger partial charge in [0.25, 0.3) is 0 Å².